The lowest BCUT2D eigenvalue weighted by atomic mass is 9.90. The molecule has 0 bridgehead atoms. The van der Waals surface area contributed by atoms with Crippen molar-refractivity contribution in [3.63, 3.8) is 0 Å². The first kappa shape index (κ1) is 16.8. The third-order valence-corrected chi connectivity index (χ3v) is 4.81. The van der Waals surface area contributed by atoms with Crippen molar-refractivity contribution in [1.29, 1.82) is 0 Å². The van der Waals surface area contributed by atoms with Crippen molar-refractivity contribution in [2.75, 3.05) is 6.61 Å². The molecule has 1 saturated carbocycles. The smallest absolute Gasteiger partial charge is 0.330 e. The lowest BCUT2D eigenvalue weighted by Crippen LogP contribution is -2.51. The van der Waals surface area contributed by atoms with Gasteiger partial charge in [-0.3, -0.25) is 5.32 Å². The lowest BCUT2D eigenvalue weighted by molar-refractivity contribution is -0.151. The van der Waals surface area contributed by atoms with Crippen molar-refractivity contribution in [2.24, 2.45) is 0 Å². The van der Waals surface area contributed by atoms with E-state index in [9.17, 15) is 4.79 Å². The maximum absolute atomic E-state index is 12.5. The second-order valence-electron chi connectivity index (χ2n) is 5.60. The Morgan fingerprint density at radius 2 is 2.14 bits per heavy atom. The van der Waals surface area contributed by atoms with Gasteiger partial charge in [0.25, 0.3) is 0 Å². The zero-order valence-electron chi connectivity index (χ0n) is 12.4. The molecule has 0 heterocycles. The van der Waals surface area contributed by atoms with Gasteiger partial charge in [0.1, 0.15) is 5.54 Å². The highest BCUT2D eigenvalue weighted by Gasteiger charge is 2.40. The van der Waals surface area contributed by atoms with Gasteiger partial charge in [0, 0.05) is 21.1 Å². The van der Waals surface area contributed by atoms with Crippen LogP contribution in [0.4, 0.5) is 0 Å². The van der Waals surface area contributed by atoms with Crippen LogP contribution in [0.1, 0.15) is 45.1 Å². The van der Waals surface area contributed by atoms with Gasteiger partial charge < -0.3 is 4.74 Å². The molecule has 21 heavy (non-hydrogen) atoms. The Morgan fingerprint density at radius 1 is 1.48 bits per heavy atom. The largest absolute Gasteiger partial charge is 0.464 e. The maximum atomic E-state index is 12.5. The third-order valence-electron chi connectivity index (χ3n) is 4.00. The standard InChI is InChI=1S/C16H21BrClNO2/c1-3-21-15(20)16(2,19-12-6-4-5-7-12)13-9-8-11(17)10-14(13)18/h8-10,12,19H,3-7H2,1-2H3. The molecular formula is C16H21BrClNO2. The summed E-state index contributed by atoms with van der Waals surface area (Å²) in [6.45, 7) is 4.03. The number of benzene rings is 1. The molecule has 0 aliphatic heterocycles. The molecule has 0 amide bonds. The molecule has 116 valence electrons. The summed E-state index contributed by atoms with van der Waals surface area (Å²) >= 11 is 9.76. The Labute approximate surface area is 139 Å². The van der Waals surface area contributed by atoms with E-state index in [4.69, 9.17) is 16.3 Å². The van der Waals surface area contributed by atoms with Crippen LogP contribution in [-0.2, 0) is 15.1 Å². The average molecular weight is 375 g/mol. The predicted molar refractivity (Wildman–Crippen MR) is 88.5 cm³/mol. The molecular weight excluding hydrogens is 354 g/mol. The predicted octanol–water partition coefficient (Wildman–Crippen LogP) is 4.41. The van der Waals surface area contributed by atoms with E-state index in [-0.39, 0.29) is 5.97 Å². The summed E-state index contributed by atoms with van der Waals surface area (Å²) in [6, 6.07) is 5.92. The van der Waals surface area contributed by atoms with Crippen LogP contribution in [0.15, 0.2) is 22.7 Å². The Balaban J connectivity index is 2.35. The zero-order valence-corrected chi connectivity index (χ0v) is 14.8. The van der Waals surface area contributed by atoms with Crippen LogP contribution in [0.5, 0.6) is 0 Å². The Kier molecular flexibility index (Phi) is 5.69. The van der Waals surface area contributed by atoms with Gasteiger partial charge in [-0.2, -0.15) is 0 Å². The van der Waals surface area contributed by atoms with Gasteiger partial charge in [-0.05, 0) is 38.8 Å². The Morgan fingerprint density at radius 3 is 2.71 bits per heavy atom. The van der Waals surface area contributed by atoms with Crippen LogP contribution in [0.2, 0.25) is 5.02 Å². The number of carbonyl (C=O) groups excluding carboxylic acids is 1. The number of nitrogens with one attached hydrogen (secondary N) is 1. The Bertz CT molecular complexity index is 517. The minimum absolute atomic E-state index is 0.277. The van der Waals surface area contributed by atoms with E-state index in [0.717, 1.165) is 22.9 Å². The summed E-state index contributed by atoms with van der Waals surface area (Å²) in [7, 11) is 0. The molecule has 1 aliphatic carbocycles. The topological polar surface area (TPSA) is 38.3 Å². The number of hydrogen-bond donors (Lipinski definition) is 1. The second-order valence-corrected chi connectivity index (χ2v) is 6.92. The summed E-state index contributed by atoms with van der Waals surface area (Å²) in [5.41, 5.74) is -0.152. The van der Waals surface area contributed by atoms with Crippen LogP contribution in [0.25, 0.3) is 0 Å². The van der Waals surface area contributed by atoms with Gasteiger partial charge in [-0.1, -0.05) is 46.4 Å². The molecule has 0 radical (unpaired) electrons. The molecule has 0 spiro atoms. The highest BCUT2D eigenvalue weighted by molar-refractivity contribution is 9.10. The number of rotatable bonds is 5. The van der Waals surface area contributed by atoms with Crippen LogP contribution < -0.4 is 5.32 Å². The van der Waals surface area contributed by atoms with E-state index in [1.165, 1.54) is 12.8 Å². The molecule has 0 aromatic heterocycles. The molecule has 5 heteroatoms. The summed E-state index contributed by atoms with van der Waals surface area (Å²) in [4.78, 5) is 12.5. The maximum Gasteiger partial charge on any atom is 0.330 e. The van der Waals surface area contributed by atoms with Crippen molar-refractivity contribution in [3.8, 4) is 0 Å². The minimum atomic E-state index is -0.914. The first-order valence-corrected chi connectivity index (χ1v) is 8.55. The van der Waals surface area contributed by atoms with Gasteiger partial charge in [-0.15, -0.1) is 0 Å². The van der Waals surface area contributed by atoms with Crippen molar-refractivity contribution in [1.82, 2.24) is 5.32 Å². The van der Waals surface area contributed by atoms with Crippen molar-refractivity contribution >= 4 is 33.5 Å². The van der Waals surface area contributed by atoms with Gasteiger partial charge in [0.15, 0.2) is 0 Å². The average Bonchev–Trinajstić information content (AvgIpc) is 2.91. The summed E-state index contributed by atoms with van der Waals surface area (Å²) in [6.07, 6.45) is 4.57. The normalized spacial score (nSPS) is 18.5. The van der Waals surface area contributed by atoms with Crippen LogP contribution in [0, 0.1) is 0 Å². The molecule has 1 aliphatic rings. The molecule has 1 aromatic rings. The number of esters is 1. The van der Waals surface area contributed by atoms with E-state index < -0.39 is 5.54 Å². The second kappa shape index (κ2) is 7.12. The van der Waals surface area contributed by atoms with E-state index in [0.29, 0.717) is 17.7 Å². The van der Waals surface area contributed by atoms with Crippen LogP contribution in [0.3, 0.4) is 0 Å². The SMILES string of the molecule is CCOC(=O)C(C)(NC1CCCC1)c1ccc(Br)cc1Cl. The number of carbonyl (C=O) groups is 1. The fourth-order valence-corrected chi connectivity index (χ4v) is 3.76. The minimum Gasteiger partial charge on any atom is -0.464 e. The quantitative estimate of drug-likeness (QED) is 0.776. The van der Waals surface area contributed by atoms with Crippen molar-refractivity contribution in [2.45, 2.75) is 51.1 Å². The molecule has 0 saturated heterocycles. The number of halogens is 2. The summed E-state index contributed by atoms with van der Waals surface area (Å²) in [5.74, 6) is -0.277. The molecule has 1 N–H and O–H groups in total. The first-order valence-electron chi connectivity index (χ1n) is 7.38. The molecule has 3 nitrogen and oxygen atoms in total. The summed E-state index contributed by atoms with van der Waals surface area (Å²) < 4.78 is 6.18. The van der Waals surface area contributed by atoms with E-state index in [1.54, 1.807) is 0 Å². The van der Waals surface area contributed by atoms with E-state index in [2.05, 4.69) is 21.2 Å². The first-order chi connectivity index (χ1) is 9.97. The fourth-order valence-electron chi connectivity index (χ4n) is 2.90. The fraction of sp³-hybridized carbons (Fsp3) is 0.562. The molecule has 2 rings (SSSR count). The molecule has 1 aromatic carbocycles. The van der Waals surface area contributed by atoms with Crippen molar-refractivity contribution < 1.29 is 9.53 Å². The number of ether oxygens (including phenoxy) is 1. The van der Waals surface area contributed by atoms with Crippen LogP contribution >= 0.6 is 27.5 Å². The molecule has 1 atom stereocenters. The van der Waals surface area contributed by atoms with Gasteiger partial charge in [-0.25, -0.2) is 4.79 Å². The highest BCUT2D eigenvalue weighted by Crippen LogP contribution is 2.33. The zero-order chi connectivity index (χ0) is 15.5. The molecule has 1 unspecified atom stereocenters. The van der Waals surface area contributed by atoms with Gasteiger partial charge in [0.2, 0.25) is 0 Å². The van der Waals surface area contributed by atoms with Gasteiger partial charge >= 0.3 is 5.97 Å². The van der Waals surface area contributed by atoms with E-state index >= 15 is 0 Å². The summed E-state index contributed by atoms with van der Waals surface area (Å²) in [5, 5.41) is 4.04. The lowest BCUT2D eigenvalue weighted by Gasteiger charge is -2.33. The number of hydrogen-bond acceptors (Lipinski definition) is 3. The van der Waals surface area contributed by atoms with E-state index in [1.807, 2.05) is 32.0 Å². The third kappa shape index (κ3) is 3.79. The van der Waals surface area contributed by atoms with Crippen molar-refractivity contribution in [3.05, 3.63) is 33.3 Å². The van der Waals surface area contributed by atoms with Gasteiger partial charge in [0.05, 0.1) is 6.61 Å². The highest BCUT2D eigenvalue weighted by atomic mass is 79.9. The Hall–Kier alpha value is -0.580. The monoisotopic (exact) mass is 373 g/mol. The van der Waals surface area contributed by atoms with Crippen LogP contribution in [-0.4, -0.2) is 18.6 Å². The molecule has 1 fully saturated rings.